The fourth-order valence-corrected chi connectivity index (χ4v) is 4.05. The van der Waals surface area contributed by atoms with Crippen molar-refractivity contribution in [2.24, 2.45) is 4.99 Å². The lowest BCUT2D eigenvalue weighted by molar-refractivity contribution is -0.0721. The van der Waals surface area contributed by atoms with E-state index in [0.717, 1.165) is 68.6 Å². The topological polar surface area (TPSA) is 64.6 Å². The lowest BCUT2D eigenvalue weighted by atomic mass is 10.1. The standard InChI is InChI=1S/C21H31N3O4/c1-22-21(23-13-16-5-4-7-19-20(16)28-15-27-19)24-10-8-17(9-11-24)26-14-18-6-2-3-12-25-18/h4-5,7,17-18H,2-3,6,8-15H2,1H3,(H,22,23). The molecule has 2 saturated heterocycles. The predicted octanol–water partition coefficient (Wildman–Crippen LogP) is 2.54. The van der Waals surface area contributed by atoms with Crippen molar-refractivity contribution in [3.8, 4) is 11.5 Å². The minimum absolute atomic E-state index is 0.292. The Morgan fingerprint density at radius 1 is 1.21 bits per heavy atom. The van der Waals surface area contributed by atoms with Crippen molar-refractivity contribution >= 4 is 5.96 Å². The van der Waals surface area contributed by atoms with E-state index in [1.165, 1.54) is 12.8 Å². The lowest BCUT2D eigenvalue weighted by Crippen LogP contribution is -2.47. The van der Waals surface area contributed by atoms with Crippen LogP contribution in [0.25, 0.3) is 0 Å². The third kappa shape index (κ3) is 4.70. The van der Waals surface area contributed by atoms with Crippen LogP contribution in [0.15, 0.2) is 23.2 Å². The predicted molar refractivity (Wildman–Crippen MR) is 107 cm³/mol. The van der Waals surface area contributed by atoms with E-state index in [9.17, 15) is 0 Å². The molecule has 28 heavy (non-hydrogen) atoms. The van der Waals surface area contributed by atoms with Crippen LogP contribution < -0.4 is 14.8 Å². The summed E-state index contributed by atoms with van der Waals surface area (Å²) in [6.07, 6.45) is 6.23. The van der Waals surface area contributed by atoms with Gasteiger partial charge in [0.05, 0.1) is 18.8 Å². The summed E-state index contributed by atoms with van der Waals surface area (Å²) in [4.78, 5) is 6.77. The van der Waals surface area contributed by atoms with Crippen LogP contribution in [0.4, 0.5) is 0 Å². The summed E-state index contributed by atoms with van der Waals surface area (Å²) in [5, 5.41) is 3.46. The van der Waals surface area contributed by atoms with E-state index in [1.807, 2.05) is 19.2 Å². The zero-order chi connectivity index (χ0) is 19.2. The number of ether oxygens (including phenoxy) is 4. The molecule has 0 amide bonds. The van der Waals surface area contributed by atoms with Gasteiger partial charge in [0.15, 0.2) is 17.5 Å². The molecule has 1 atom stereocenters. The Kier molecular flexibility index (Phi) is 6.54. The number of nitrogens with zero attached hydrogens (tertiary/aromatic N) is 2. The average molecular weight is 389 g/mol. The fourth-order valence-electron chi connectivity index (χ4n) is 4.05. The smallest absolute Gasteiger partial charge is 0.231 e. The molecule has 154 valence electrons. The molecule has 0 spiro atoms. The first kappa shape index (κ1) is 19.3. The summed E-state index contributed by atoms with van der Waals surface area (Å²) in [6, 6.07) is 5.98. The minimum atomic E-state index is 0.292. The Morgan fingerprint density at radius 2 is 2.11 bits per heavy atom. The van der Waals surface area contributed by atoms with Gasteiger partial charge in [0, 0.05) is 38.9 Å². The van der Waals surface area contributed by atoms with E-state index in [1.54, 1.807) is 0 Å². The van der Waals surface area contributed by atoms with Crippen LogP contribution in [0.2, 0.25) is 0 Å². The third-order valence-corrected chi connectivity index (χ3v) is 5.66. The molecule has 0 bridgehead atoms. The Bertz CT molecular complexity index is 668. The van der Waals surface area contributed by atoms with E-state index in [-0.39, 0.29) is 0 Å². The quantitative estimate of drug-likeness (QED) is 0.617. The minimum Gasteiger partial charge on any atom is -0.454 e. The maximum absolute atomic E-state index is 6.12. The Morgan fingerprint density at radius 3 is 2.89 bits per heavy atom. The van der Waals surface area contributed by atoms with Crippen LogP contribution >= 0.6 is 0 Å². The van der Waals surface area contributed by atoms with Gasteiger partial charge in [-0.25, -0.2) is 0 Å². The number of nitrogens with one attached hydrogen (secondary N) is 1. The first-order valence-corrected chi connectivity index (χ1v) is 10.4. The first-order chi connectivity index (χ1) is 13.8. The van der Waals surface area contributed by atoms with Gasteiger partial charge < -0.3 is 29.2 Å². The number of fused-ring (bicyclic) bond motifs is 1. The van der Waals surface area contributed by atoms with Crippen molar-refractivity contribution in [1.29, 1.82) is 0 Å². The fraction of sp³-hybridized carbons (Fsp3) is 0.667. The highest BCUT2D eigenvalue weighted by Crippen LogP contribution is 2.35. The Hall–Kier alpha value is -1.99. The van der Waals surface area contributed by atoms with Gasteiger partial charge in [0.25, 0.3) is 0 Å². The second kappa shape index (κ2) is 9.47. The summed E-state index contributed by atoms with van der Waals surface area (Å²) in [5.74, 6) is 2.57. The zero-order valence-electron chi connectivity index (χ0n) is 16.7. The van der Waals surface area contributed by atoms with Crippen molar-refractivity contribution in [2.45, 2.75) is 50.9 Å². The maximum atomic E-state index is 6.12. The lowest BCUT2D eigenvalue weighted by Gasteiger charge is -2.35. The molecule has 4 rings (SSSR count). The second-order valence-electron chi connectivity index (χ2n) is 7.56. The molecule has 2 fully saturated rings. The molecule has 0 aromatic heterocycles. The van der Waals surface area contributed by atoms with Gasteiger partial charge in [0.1, 0.15) is 0 Å². The molecule has 1 aromatic carbocycles. The highest BCUT2D eigenvalue weighted by atomic mass is 16.7. The number of para-hydroxylation sites is 1. The van der Waals surface area contributed by atoms with Gasteiger partial charge in [0.2, 0.25) is 6.79 Å². The van der Waals surface area contributed by atoms with E-state index in [2.05, 4.69) is 21.3 Å². The summed E-state index contributed by atoms with van der Waals surface area (Å²) in [7, 11) is 1.83. The maximum Gasteiger partial charge on any atom is 0.231 e. The van der Waals surface area contributed by atoms with E-state index >= 15 is 0 Å². The van der Waals surface area contributed by atoms with Crippen molar-refractivity contribution in [3.63, 3.8) is 0 Å². The SMILES string of the molecule is CN=C(NCc1cccc2c1OCO2)N1CCC(OCC2CCCCO2)CC1. The normalized spacial score (nSPS) is 23.1. The van der Waals surface area contributed by atoms with Crippen molar-refractivity contribution in [2.75, 3.05) is 40.1 Å². The molecule has 0 radical (unpaired) electrons. The zero-order valence-corrected chi connectivity index (χ0v) is 16.7. The third-order valence-electron chi connectivity index (χ3n) is 5.66. The van der Waals surface area contributed by atoms with Crippen LogP contribution in [0.3, 0.4) is 0 Å². The number of guanidine groups is 1. The Labute approximate surface area is 167 Å². The van der Waals surface area contributed by atoms with Crippen molar-refractivity contribution in [1.82, 2.24) is 10.2 Å². The summed E-state index contributed by atoms with van der Waals surface area (Å²) in [5.41, 5.74) is 1.09. The van der Waals surface area contributed by atoms with Gasteiger partial charge in [-0.2, -0.15) is 0 Å². The molecule has 7 nitrogen and oxygen atoms in total. The summed E-state index contributed by atoms with van der Waals surface area (Å²) < 4.78 is 22.9. The molecular weight excluding hydrogens is 358 g/mol. The van der Waals surface area contributed by atoms with Gasteiger partial charge in [-0.15, -0.1) is 0 Å². The van der Waals surface area contributed by atoms with Crippen LogP contribution in [0.1, 0.15) is 37.7 Å². The van der Waals surface area contributed by atoms with Crippen LogP contribution in [0.5, 0.6) is 11.5 Å². The van der Waals surface area contributed by atoms with E-state index in [0.29, 0.717) is 25.5 Å². The number of benzene rings is 1. The number of hydrogen-bond acceptors (Lipinski definition) is 5. The molecule has 3 aliphatic heterocycles. The van der Waals surface area contributed by atoms with Crippen molar-refractivity contribution < 1.29 is 18.9 Å². The Balaban J connectivity index is 1.22. The molecule has 3 heterocycles. The van der Waals surface area contributed by atoms with Crippen LogP contribution in [-0.4, -0.2) is 63.2 Å². The van der Waals surface area contributed by atoms with Gasteiger partial charge in [-0.1, -0.05) is 12.1 Å². The molecule has 0 aliphatic carbocycles. The van der Waals surface area contributed by atoms with Crippen molar-refractivity contribution in [3.05, 3.63) is 23.8 Å². The molecule has 7 heteroatoms. The molecular formula is C21H31N3O4. The summed E-state index contributed by atoms with van der Waals surface area (Å²) in [6.45, 7) is 4.47. The number of aliphatic imine (C=N–C) groups is 1. The number of likely N-dealkylation sites (tertiary alicyclic amines) is 1. The molecule has 3 aliphatic rings. The number of piperidine rings is 1. The van der Waals surface area contributed by atoms with Crippen LogP contribution in [0, 0.1) is 0 Å². The van der Waals surface area contributed by atoms with Gasteiger partial charge >= 0.3 is 0 Å². The largest absolute Gasteiger partial charge is 0.454 e. The molecule has 1 unspecified atom stereocenters. The molecule has 1 aromatic rings. The van der Waals surface area contributed by atoms with E-state index in [4.69, 9.17) is 18.9 Å². The van der Waals surface area contributed by atoms with Crippen LogP contribution in [-0.2, 0) is 16.0 Å². The highest BCUT2D eigenvalue weighted by molar-refractivity contribution is 5.80. The first-order valence-electron chi connectivity index (χ1n) is 10.4. The average Bonchev–Trinajstić information content (AvgIpc) is 3.24. The second-order valence-corrected chi connectivity index (χ2v) is 7.56. The molecule has 0 saturated carbocycles. The van der Waals surface area contributed by atoms with E-state index < -0.39 is 0 Å². The number of hydrogen-bond donors (Lipinski definition) is 1. The summed E-state index contributed by atoms with van der Waals surface area (Å²) >= 11 is 0. The monoisotopic (exact) mass is 389 g/mol. The van der Waals surface area contributed by atoms with Gasteiger partial charge in [-0.05, 0) is 38.2 Å². The number of rotatable bonds is 5. The molecule has 1 N–H and O–H groups in total. The van der Waals surface area contributed by atoms with Gasteiger partial charge in [-0.3, -0.25) is 4.99 Å². The highest BCUT2D eigenvalue weighted by Gasteiger charge is 2.24.